The Labute approximate surface area is 153 Å². The first-order valence-corrected chi connectivity index (χ1v) is 8.70. The molecule has 0 aliphatic heterocycles. The molecule has 0 unspecified atom stereocenters. The number of carbonyl (C=O) groups excluding carboxylic acids is 2. The smallest absolute Gasteiger partial charge is 0.339 e. The third-order valence-electron chi connectivity index (χ3n) is 4.42. The predicted octanol–water partition coefficient (Wildman–Crippen LogP) is 4.83. The number of carbonyl (C=O) groups is 2. The van der Waals surface area contributed by atoms with Crippen molar-refractivity contribution in [1.29, 1.82) is 0 Å². The van der Waals surface area contributed by atoms with Gasteiger partial charge in [0.2, 0.25) is 0 Å². The zero-order valence-electron chi connectivity index (χ0n) is 15.5. The van der Waals surface area contributed by atoms with E-state index in [2.05, 4.69) is 19.2 Å². The molecule has 1 N–H and O–H groups in total. The van der Waals surface area contributed by atoms with Gasteiger partial charge in [-0.05, 0) is 55.5 Å². The van der Waals surface area contributed by atoms with E-state index in [-0.39, 0.29) is 5.56 Å². The van der Waals surface area contributed by atoms with E-state index in [0.717, 1.165) is 18.1 Å². The lowest BCUT2D eigenvalue weighted by Gasteiger charge is -2.18. The van der Waals surface area contributed by atoms with Crippen molar-refractivity contribution in [1.82, 2.24) is 0 Å². The summed E-state index contributed by atoms with van der Waals surface area (Å²) in [7, 11) is 0. The Kier molecular flexibility index (Phi) is 6.50. The SMILES string of the molecule is CC[C@H](C)c1ccccc1NC(=O)[C@H](C)OC(=O)c1ccc(C)c(F)c1. The number of aryl methyl sites for hydroxylation is 1. The molecule has 2 rings (SSSR count). The molecule has 0 bridgehead atoms. The largest absolute Gasteiger partial charge is 0.449 e. The summed E-state index contributed by atoms with van der Waals surface area (Å²) in [6.45, 7) is 7.26. The highest BCUT2D eigenvalue weighted by molar-refractivity contribution is 5.97. The molecule has 26 heavy (non-hydrogen) atoms. The lowest BCUT2D eigenvalue weighted by Crippen LogP contribution is -2.30. The van der Waals surface area contributed by atoms with Crippen LogP contribution in [-0.4, -0.2) is 18.0 Å². The van der Waals surface area contributed by atoms with Crippen LogP contribution in [-0.2, 0) is 9.53 Å². The van der Waals surface area contributed by atoms with Gasteiger partial charge in [0.25, 0.3) is 5.91 Å². The summed E-state index contributed by atoms with van der Waals surface area (Å²) in [5.74, 6) is -1.36. The van der Waals surface area contributed by atoms with Crippen molar-refractivity contribution in [3.8, 4) is 0 Å². The summed E-state index contributed by atoms with van der Waals surface area (Å²) in [6.07, 6.45) is -0.0620. The normalized spacial score (nSPS) is 13.0. The molecule has 0 radical (unpaired) electrons. The molecule has 4 nitrogen and oxygen atoms in total. The first kappa shape index (κ1) is 19.6. The van der Waals surface area contributed by atoms with Crippen molar-refractivity contribution in [3.63, 3.8) is 0 Å². The van der Waals surface area contributed by atoms with Gasteiger partial charge in [-0.15, -0.1) is 0 Å². The molecule has 0 saturated heterocycles. The molecule has 2 aromatic carbocycles. The molecule has 0 aliphatic rings. The van der Waals surface area contributed by atoms with Crippen LogP contribution in [0, 0.1) is 12.7 Å². The quantitative estimate of drug-likeness (QED) is 0.753. The number of benzene rings is 2. The van der Waals surface area contributed by atoms with E-state index in [0.29, 0.717) is 17.2 Å². The molecule has 0 aliphatic carbocycles. The molecule has 0 saturated carbocycles. The molecule has 1 amide bonds. The number of ether oxygens (including phenoxy) is 1. The molecule has 0 heterocycles. The monoisotopic (exact) mass is 357 g/mol. The van der Waals surface area contributed by atoms with Gasteiger partial charge in [0.1, 0.15) is 5.82 Å². The molecule has 2 aromatic rings. The first-order valence-electron chi connectivity index (χ1n) is 8.70. The van der Waals surface area contributed by atoms with Gasteiger partial charge in [0.15, 0.2) is 6.10 Å². The molecule has 5 heteroatoms. The minimum absolute atomic E-state index is 0.0766. The van der Waals surface area contributed by atoms with E-state index in [1.807, 2.05) is 24.3 Å². The van der Waals surface area contributed by atoms with Crippen molar-refractivity contribution < 1.29 is 18.7 Å². The first-order chi connectivity index (χ1) is 12.3. The maximum atomic E-state index is 13.6. The van der Waals surface area contributed by atoms with Crippen LogP contribution in [0.4, 0.5) is 10.1 Å². The van der Waals surface area contributed by atoms with Crippen molar-refractivity contribution in [2.75, 3.05) is 5.32 Å². The Balaban J connectivity index is 2.06. The van der Waals surface area contributed by atoms with Crippen LogP contribution < -0.4 is 5.32 Å². The zero-order chi connectivity index (χ0) is 19.3. The standard InChI is InChI=1S/C21H24FNO3/c1-5-13(2)17-8-6-7-9-19(17)23-20(24)15(4)26-21(25)16-11-10-14(3)18(22)12-16/h6-13,15H,5H2,1-4H3,(H,23,24)/t13-,15-/m0/s1. The average molecular weight is 357 g/mol. The number of rotatable bonds is 6. The Hall–Kier alpha value is -2.69. The van der Waals surface area contributed by atoms with Crippen molar-refractivity contribution >= 4 is 17.6 Å². The summed E-state index contributed by atoms with van der Waals surface area (Å²) in [5, 5.41) is 2.81. The van der Waals surface area contributed by atoms with Gasteiger partial charge in [0.05, 0.1) is 5.56 Å². The van der Waals surface area contributed by atoms with E-state index < -0.39 is 23.8 Å². The lowest BCUT2D eigenvalue weighted by atomic mass is 9.97. The molecule has 138 valence electrons. The number of halogens is 1. The maximum absolute atomic E-state index is 13.6. The molecular weight excluding hydrogens is 333 g/mol. The fourth-order valence-corrected chi connectivity index (χ4v) is 2.50. The summed E-state index contributed by atoms with van der Waals surface area (Å²) in [4.78, 5) is 24.5. The summed E-state index contributed by atoms with van der Waals surface area (Å²) < 4.78 is 18.8. The van der Waals surface area contributed by atoms with Crippen LogP contribution in [0.2, 0.25) is 0 Å². The number of esters is 1. The summed E-state index contributed by atoms with van der Waals surface area (Å²) in [5.41, 5.74) is 2.25. The van der Waals surface area contributed by atoms with Crippen LogP contribution >= 0.6 is 0 Å². The van der Waals surface area contributed by atoms with Crippen molar-refractivity contribution in [2.45, 2.75) is 46.1 Å². The third kappa shape index (κ3) is 4.69. The van der Waals surface area contributed by atoms with E-state index >= 15 is 0 Å². The molecule has 0 aromatic heterocycles. The Bertz CT molecular complexity index is 804. The average Bonchev–Trinajstić information content (AvgIpc) is 2.63. The van der Waals surface area contributed by atoms with Crippen molar-refractivity contribution in [2.24, 2.45) is 0 Å². The van der Waals surface area contributed by atoms with Crippen molar-refractivity contribution in [3.05, 3.63) is 65.0 Å². The minimum Gasteiger partial charge on any atom is -0.449 e. The lowest BCUT2D eigenvalue weighted by molar-refractivity contribution is -0.123. The molecule has 0 fully saturated rings. The second-order valence-electron chi connectivity index (χ2n) is 6.40. The van der Waals surface area contributed by atoms with E-state index in [1.54, 1.807) is 6.92 Å². The Morgan fingerprint density at radius 2 is 1.85 bits per heavy atom. The molecule has 2 atom stereocenters. The number of para-hydroxylation sites is 1. The molecule has 0 spiro atoms. The molecular formula is C21H24FNO3. The van der Waals surface area contributed by atoms with Crippen LogP contribution in [0.15, 0.2) is 42.5 Å². The second kappa shape index (κ2) is 8.61. The number of anilines is 1. The van der Waals surface area contributed by atoms with Gasteiger partial charge in [-0.2, -0.15) is 0 Å². The third-order valence-corrected chi connectivity index (χ3v) is 4.42. The topological polar surface area (TPSA) is 55.4 Å². The highest BCUT2D eigenvalue weighted by Gasteiger charge is 2.21. The van der Waals surface area contributed by atoms with Crippen LogP contribution in [0.3, 0.4) is 0 Å². The van der Waals surface area contributed by atoms with E-state index in [1.165, 1.54) is 19.1 Å². The Morgan fingerprint density at radius 3 is 2.50 bits per heavy atom. The number of hydrogen-bond acceptors (Lipinski definition) is 3. The Morgan fingerprint density at radius 1 is 1.15 bits per heavy atom. The van der Waals surface area contributed by atoms with Gasteiger partial charge in [-0.25, -0.2) is 9.18 Å². The summed E-state index contributed by atoms with van der Waals surface area (Å²) in [6, 6.07) is 11.6. The van der Waals surface area contributed by atoms with Crippen LogP contribution in [0.25, 0.3) is 0 Å². The van der Waals surface area contributed by atoms with Gasteiger partial charge in [-0.3, -0.25) is 4.79 Å². The van der Waals surface area contributed by atoms with Gasteiger partial charge in [-0.1, -0.05) is 38.1 Å². The summed E-state index contributed by atoms with van der Waals surface area (Å²) >= 11 is 0. The predicted molar refractivity (Wildman–Crippen MR) is 99.8 cm³/mol. The number of nitrogens with one attached hydrogen (secondary N) is 1. The fraction of sp³-hybridized carbons (Fsp3) is 0.333. The van der Waals surface area contributed by atoms with Crippen LogP contribution in [0.5, 0.6) is 0 Å². The van der Waals surface area contributed by atoms with Gasteiger partial charge >= 0.3 is 5.97 Å². The highest BCUT2D eigenvalue weighted by Crippen LogP contribution is 2.26. The number of hydrogen-bond donors (Lipinski definition) is 1. The van der Waals surface area contributed by atoms with Gasteiger partial charge in [0, 0.05) is 5.69 Å². The zero-order valence-corrected chi connectivity index (χ0v) is 15.5. The number of amides is 1. The van der Waals surface area contributed by atoms with E-state index in [9.17, 15) is 14.0 Å². The highest BCUT2D eigenvalue weighted by atomic mass is 19.1. The van der Waals surface area contributed by atoms with Gasteiger partial charge < -0.3 is 10.1 Å². The second-order valence-corrected chi connectivity index (χ2v) is 6.40. The minimum atomic E-state index is -1.00. The van der Waals surface area contributed by atoms with Crippen LogP contribution in [0.1, 0.15) is 54.6 Å². The fourth-order valence-electron chi connectivity index (χ4n) is 2.50. The van der Waals surface area contributed by atoms with E-state index in [4.69, 9.17) is 4.74 Å². The maximum Gasteiger partial charge on any atom is 0.339 e.